The topological polar surface area (TPSA) is 72.4 Å². The van der Waals surface area contributed by atoms with Gasteiger partial charge in [0.05, 0.1) is 9.92 Å². The van der Waals surface area contributed by atoms with Crippen LogP contribution in [0.5, 0.6) is 5.75 Å². The van der Waals surface area contributed by atoms with Crippen LogP contribution in [0.2, 0.25) is 5.02 Å². The van der Waals surface area contributed by atoms with Crippen LogP contribution in [0.25, 0.3) is 0 Å². The maximum absolute atomic E-state index is 12.6. The molecule has 4 rings (SSSR count). The highest BCUT2D eigenvalue weighted by atomic mass is 35.5. The first-order chi connectivity index (χ1) is 14.9. The normalized spacial score (nSPS) is 16.8. The van der Waals surface area contributed by atoms with Crippen molar-refractivity contribution in [3.05, 3.63) is 70.5 Å². The molecule has 1 aliphatic heterocycles. The second kappa shape index (κ2) is 9.65. The van der Waals surface area contributed by atoms with Gasteiger partial charge < -0.3 is 4.74 Å². The lowest BCUT2D eigenvalue weighted by molar-refractivity contribution is 0.0797. The Morgan fingerprint density at radius 2 is 1.94 bits per heavy atom. The summed E-state index contributed by atoms with van der Waals surface area (Å²) in [4.78, 5) is 6.55. The second-order valence-corrected chi connectivity index (χ2v) is 10.6. The molecule has 1 aromatic heterocycles. The highest BCUT2D eigenvalue weighted by Crippen LogP contribution is 2.32. The van der Waals surface area contributed by atoms with Crippen molar-refractivity contribution >= 4 is 33.0 Å². The van der Waals surface area contributed by atoms with Crippen molar-refractivity contribution in [2.75, 3.05) is 13.1 Å². The highest BCUT2D eigenvalue weighted by Gasteiger charge is 2.25. The molecule has 2 heterocycles. The monoisotopic (exact) mass is 477 g/mol. The molecule has 1 fully saturated rings. The molecule has 1 aliphatic rings. The molecular weight excluding hydrogens is 454 g/mol. The van der Waals surface area contributed by atoms with Crippen molar-refractivity contribution in [3.63, 3.8) is 0 Å². The van der Waals surface area contributed by atoms with E-state index in [0.717, 1.165) is 37.5 Å². The molecule has 0 N–H and O–H groups in total. The van der Waals surface area contributed by atoms with Gasteiger partial charge in [-0.3, -0.25) is 4.90 Å². The molecule has 0 aliphatic carbocycles. The zero-order chi connectivity index (χ0) is 21.8. The van der Waals surface area contributed by atoms with Crippen LogP contribution < -0.4 is 4.74 Å². The minimum absolute atomic E-state index is 0.0541. The first-order valence-electron chi connectivity index (χ1n) is 10.2. The number of piperidine rings is 1. The van der Waals surface area contributed by atoms with Gasteiger partial charge in [-0.25, -0.2) is 13.4 Å². The number of aromatic nitrogens is 2. The van der Waals surface area contributed by atoms with E-state index in [4.69, 9.17) is 16.3 Å². The smallest absolute Gasteiger partial charge is 0.185 e. The average molecular weight is 478 g/mol. The van der Waals surface area contributed by atoms with E-state index >= 15 is 0 Å². The van der Waals surface area contributed by atoms with E-state index in [-0.39, 0.29) is 22.6 Å². The van der Waals surface area contributed by atoms with Crippen molar-refractivity contribution in [2.45, 2.75) is 42.6 Å². The van der Waals surface area contributed by atoms with Gasteiger partial charge in [-0.1, -0.05) is 41.9 Å². The SMILES string of the molecule is C[C@@H](c1ccccc1)N1CCC(Oc2ccc(S(=O)(=O)Cc3ncsn3)cc2Cl)CC1. The van der Waals surface area contributed by atoms with Gasteiger partial charge in [-0.15, -0.1) is 0 Å². The van der Waals surface area contributed by atoms with Gasteiger partial charge in [0.25, 0.3) is 0 Å². The van der Waals surface area contributed by atoms with Crippen LogP contribution in [0.15, 0.2) is 58.9 Å². The Labute approximate surface area is 191 Å². The number of rotatable bonds is 7. The summed E-state index contributed by atoms with van der Waals surface area (Å²) in [7, 11) is -3.56. The molecule has 2 aromatic carbocycles. The van der Waals surface area contributed by atoms with Crippen LogP contribution in [0.4, 0.5) is 0 Å². The largest absolute Gasteiger partial charge is 0.489 e. The zero-order valence-corrected chi connectivity index (χ0v) is 19.5. The molecule has 164 valence electrons. The third-order valence-electron chi connectivity index (χ3n) is 5.59. The second-order valence-electron chi connectivity index (χ2n) is 7.64. The molecule has 0 bridgehead atoms. The fraction of sp³-hybridized carbons (Fsp3) is 0.364. The van der Waals surface area contributed by atoms with Gasteiger partial charge in [0.15, 0.2) is 15.7 Å². The van der Waals surface area contributed by atoms with Gasteiger partial charge in [0.2, 0.25) is 0 Å². The number of ether oxygens (including phenoxy) is 1. The van der Waals surface area contributed by atoms with Crippen LogP contribution in [-0.4, -0.2) is 41.9 Å². The predicted molar refractivity (Wildman–Crippen MR) is 122 cm³/mol. The van der Waals surface area contributed by atoms with Crippen LogP contribution in [0.1, 0.15) is 37.2 Å². The van der Waals surface area contributed by atoms with Crippen LogP contribution in [0, 0.1) is 0 Å². The lowest BCUT2D eigenvalue weighted by atomic mass is 10.0. The summed E-state index contributed by atoms with van der Waals surface area (Å²) in [5.41, 5.74) is 2.83. The van der Waals surface area contributed by atoms with E-state index in [1.807, 2.05) is 6.07 Å². The third-order valence-corrected chi connectivity index (χ3v) is 8.01. The van der Waals surface area contributed by atoms with E-state index < -0.39 is 9.84 Å². The summed E-state index contributed by atoms with van der Waals surface area (Å²) < 4.78 is 35.3. The molecule has 0 unspecified atom stereocenters. The fourth-order valence-corrected chi connectivity index (χ4v) is 5.82. The molecule has 1 saturated heterocycles. The Bertz CT molecular complexity index is 1100. The zero-order valence-electron chi connectivity index (χ0n) is 17.1. The molecule has 0 radical (unpaired) electrons. The molecule has 1 atom stereocenters. The van der Waals surface area contributed by atoms with Crippen LogP contribution >= 0.6 is 23.1 Å². The van der Waals surface area contributed by atoms with Gasteiger partial charge in [0.1, 0.15) is 23.1 Å². The van der Waals surface area contributed by atoms with Gasteiger partial charge in [-0.05, 0) is 55.1 Å². The average Bonchev–Trinajstić information content (AvgIpc) is 3.28. The van der Waals surface area contributed by atoms with Gasteiger partial charge in [0, 0.05) is 19.1 Å². The standard InChI is InChI=1S/C22H24ClN3O3S2/c1-16(17-5-3-2-4-6-17)26-11-9-18(10-12-26)29-21-8-7-19(13-20(21)23)31(27,28)14-22-24-15-30-25-22/h2-8,13,15-16,18H,9-12,14H2,1H3/t16-/m0/s1. The molecule has 3 aromatic rings. The Balaban J connectivity index is 1.36. The Morgan fingerprint density at radius 1 is 1.19 bits per heavy atom. The summed E-state index contributed by atoms with van der Waals surface area (Å²) in [6.07, 6.45) is 1.84. The molecule has 6 nitrogen and oxygen atoms in total. The molecule has 0 spiro atoms. The van der Waals surface area contributed by atoms with E-state index in [0.29, 0.717) is 16.8 Å². The number of benzene rings is 2. The number of hydrogen-bond acceptors (Lipinski definition) is 7. The summed E-state index contributed by atoms with van der Waals surface area (Å²) >= 11 is 7.49. The van der Waals surface area contributed by atoms with E-state index in [1.165, 1.54) is 23.2 Å². The fourth-order valence-electron chi connectivity index (χ4n) is 3.78. The summed E-state index contributed by atoms with van der Waals surface area (Å²) in [6, 6.07) is 15.5. The minimum Gasteiger partial charge on any atom is -0.489 e. The van der Waals surface area contributed by atoms with Crippen molar-refractivity contribution in [1.82, 2.24) is 14.3 Å². The summed E-state index contributed by atoms with van der Waals surface area (Å²) in [5, 5.41) is 0.299. The summed E-state index contributed by atoms with van der Waals surface area (Å²) in [5.74, 6) is 0.561. The Kier molecular flexibility index (Phi) is 6.91. The van der Waals surface area contributed by atoms with Gasteiger partial charge in [-0.2, -0.15) is 4.37 Å². The molecule has 9 heteroatoms. The maximum atomic E-state index is 12.6. The minimum atomic E-state index is -3.56. The summed E-state index contributed by atoms with van der Waals surface area (Å²) in [6.45, 7) is 4.10. The Morgan fingerprint density at radius 3 is 2.58 bits per heavy atom. The van der Waals surface area contributed by atoms with Crippen molar-refractivity contribution < 1.29 is 13.2 Å². The van der Waals surface area contributed by atoms with Crippen molar-refractivity contribution in [2.24, 2.45) is 0 Å². The van der Waals surface area contributed by atoms with Crippen molar-refractivity contribution in [1.29, 1.82) is 0 Å². The lowest BCUT2D eigenvalue weighted by Crippen LogP contribution is -2.39. The number of hydrogen-bond donors (Lipinski definition) is 0. The predicted octanol–water partition coefficient (Wildman–Crippen LogP) is 4.77. The van der Waals surface area contributed by atoms with E-state index in [9.17, 15) is 8.42 Å². The van der Waals surface area contributed by atoms with Crippen LogP contribution in [-0.2, 0) is 15.6 Å². The molecule has 0 amide bonds. The first-order valence-corrected chi connectivity index (χ1v) is 13.0. The van der Waals surface area contributed by atoms with E-state index in [1.54, 1.807) is 6.07 Å². The molecule has 31 heavy (non-hydrogen) atoms. The highest BCUT2D eigenvalue weighted by molar-refractivity contribution is 7.90. The molecular formula is C22H24ClN3O3S2. The van der Waals surface area contributed by atoms with Crippen molar-refractivity contribution in [3.8, 4) is 5.75 Å². The number of sulfone groups is 1. The maximum Gasteiger partial charge on any atom is 0.185 e. The third kappa shape index (κ3) is 5.44. The first kappa shape index (κ1) is 22.2. The number of halogens is 1. The Hall–Kier alpha value is -2.00. The lowest BCUT2D eigenvalue weighted by Gasteiger charge is -2.36. The number of likely N-dealkylation sites (tertiary alicyclic amines) is 1. The van der Waals surface area contributed by atoms with E-state index in [2.05, 4.69) is 45.4 Å². The van der Waals surface area contributed by atoms with Gasteiger partial charge >= 0.3 is 0 Å². The quantitative estimate of drug-likeness (QED) is 0.488. The van der Waals surface area contributed by atoms with Crippen LogP contribution in [0.3, 0.4) is 0 Å². The number of nitrogens with zero attached hydrogens (tertiary/aromatic N) is 3. The molecule has 0 saturated carbocycles.